The van der Waals surface area contributed by atoms with Crippen LogP contribution >= 0.6 is 0 Å². The molecule has 1 saturated carbocycles. The lowest BCUT2D eigenvalue weighted by molar-refractivity contribution is 0.0893. The molecule has 2 heterocycles. The Morgan fingerprint density at radius 3 is 2.43 bits per heavy atom. The lowest BCUT2D eigenvalue weighted by atomic mass is 9.92. The second-order valence-electron chi connectivity index (χ2n) is 7.81. The number of aliphatic hydroxyl groups excluding tert-OH is 1. The van der Waals surface area contributed by atoms with Crippen LogP contribution in [0, 0.1) is 5.92 Å². The Morgan fingerprint density at radius 1 is 1.14 bits per heavy atom. The summed E-state index contributed by atoms with van der Waals surface area (Å²) in [7, 11) is 0. The van der Waals surface area contributed by atoms with E-state index in [2.05, 4.69) is 29.0 Å². The van der Waals surface area contributed by atoms with E-state index >= 15 is 0 Å². The van der Waals surface area contributed by atoms with Gasteiger partial charge in [0.1, 0.15) is 0 Å². The maximum absolute atomic E-state index is 10.1. The van der Waals surface area contributed by atoms with Gasteiger partial charge in [0.2, 0.25) is 0 Å². The maximum Gasteiger partial charge on any atom is 0.0628 e. The van der Waals surface area contributed by atoms with E-state index in [0.29, 0.717) is 12.0 Å². The molecule has 21 heavy (non-hydrogen) atoms. The Bertz CT molecular complexity index is 339. The highest BCUT2D eigenvalue weighted by atomic mass is 16.3. The topological polar surface area (TPSA) is 38.7 Å². The van der Waals surface area contributed by atoms with Gasteiger partial charge in [0.15, 0.2) is 0 Å². The van der Waals surface area contributed by atoms with Crippen molar-refractivity contribution in [3.05, 3.63) is 0 Å². The average Bonchev–Trinajstić information content (AvgIpc) is 2.99. The van der Waals surface area contributed by atoms with Gasteiger partial charge in [-0.1, -0.05) is 13.8 Å². The van der Waals surface area contributed by atoms with E-state index in [9.17, 15) is 5.11 Å². The molecule has 4 heteroatoms. The van der Waals surface area contributed by atoms with Crippen LogP contribution in [0.5, 0.6) is 0 Å². The molecule has 122 valence electrons. The van der Waals surface area contributed by atoms with E-state index < -0.39 is 0 Å². The fourth-order valence-corrected chi connectivity index (χ4v) is 4.49. The minimum Gasteiger partial charge on any atom is -0.394 e. The zero-order chi connectivity index (χ0) is 14.9. The number of rotatable bonds is 7. The zero-order valence-corrected chi connectivity index (χ0v) is 13.9. The second-order valence-corrected chi connectivity index (χ2v) is 7.81. The lowest BCUT2D eigenvalue weighted by Crippen LogP contribution is -2.59. The van der Waals surface area contributed by atoms with Crippen LogP contribution in [0.1, 0.15) is 46.0 Å². The number of hydrogen-bond donors (Lipinski definition) is 2. The van der Waals surface area contributed by atoms with E-state index in [1.165, 1.54) is 58.3 Å². The molecule has 4 nitrogen and oxygen atoms in total. The van der Waals surface area contributed by atoms with Crippen LogP contribution < -0.4 is 5.32 Å². The highest BCUT2D eigenvalue weighted by molar-refractivity contribution is 5.04. The van der Waals surface area contributed by atoms with Gasteiger partial charge in [0, 0.05) is 25.2 Å². The molecule has 2 N–H and O–H groups in total. The SMILES string of the molecule is CC(C)NC(CO)(CN1CCC(N2CCCC2)C1)C1CC1. The summed E-state index contributed by atoms with van der Waals surface area (Å²) in [6.45, 7) is 10.7. The first-order chi connectivity index (χ1) is 10.1. The molecule has 0 amide bonds. The smallest absolute Gasteiger partial charge is 0.0628 e. The van der Waals surface area contributed by atoms with E-state index in [1.54, 1.807) is 0 Å². The highest BCUT2D eigenvalue weighted by Gasteiger charge is 2.47. The molecule has 0 aromatic carbocycles. The van der Waals surface area contributed by atoms with E-state index in [1.807, 2.05) is 0 Å². The molecular formula is C17H33N3O. The summed E-state index contributed by atoms with van der Waals surface area (Å²) >= 11 is 0. The molecule has 0 spiro atoms. The summed E-state index contributed by atoms with van der Waals surface area (Å²) in [5.41, 5.74) is -0.0614. The van der Waals surface area contributed by atoms with Crippen molar-refractivity contribution in [3.63, 3.8) is 0 Å². The van der Waals surface area contributed by atoms with Gasteiger partial charge in [-0.25, -0.2) is 0 Å². The van der Waals surface area contributed by atoms with Gasteiger partial charge in [-0.05, 0) is 57.7 Å². The van der Waals surface area contributed by atoms with Crippen molar-refractivity contribution in [2.45, 2.75) is 63.6 Å². The van der Waals surface area contributed by atoms with Gasteiger partial charge in [-0.15, -0.1) is 0 Å². The third kappa shape index (κ3) is 3.61. The minimum atomic E-state index is -0.0614. The van der Waals surface area contributed by atoms with Crippen molar-refractivity contribution in [2.75, 3.05) is 39.3 Å². The number of aliphatic hydroxyl groups is 1. The quantitative estimate of drug-likeness (QED) is 0.742. The molecule has 2 atom stereocenters. The number of likely N-dealkylation sites (tertiary alicyclic amines) is 2. The lowest BCUT2D eigenvalue weighted by Gasteiger charge is -2.39. The first-order valence-corrected chi connectivity index (χ1v) is 8.98. The van der Waals surface area contributed by atoms with Crippen LogP contribution in [-0.2, 0) is 0 Å². The Labute approximate surface area is 129 Å². The van der Waals surface area contributed by atoms with E-state index in [4.69, 9.17) is 0 Å². The minimum absolute atomic E-state index is 0.0614. The Balaban J connectivity index is 1.58. The second kappa shape index (κ2) is 6.53. The molecule has 0 aromatic rings. The molecule has 3 rings (SSSR count). The standard InChI is InChI=1S/C17H33N3O/c1-14(2)18-17(13-21,15-5-6-15)12-19-10-7-16(11-19)20-8-3-4-9-20/h14-16,18,21H,3-13H2,1-2H3. The highest BCUT2D eigenvalue weighted by Crippen LogP contribution is 2.41. The van der Waals surface area contributed by atoms with E-state index in [0.717, 1.165) is 12.6 Å². The summed E-state index contributed by atoms with van der Waals surface area (Å²) in [6.07, 6.45) is 6.64. The molecule has 0 radical (unpaired) electrons. The van der Waals surface area contributed by atoms with Crippen LogP contribution in [0.2, 0.25) is 0 Å². The normalized spacial score (nSPS) is 31.1. The van der Waals surface area contributed by atoms with Crippen molar-refractivity contribution >= 4 is 0 Å². The number of nitrogens with one attached hydrogen (secondary N) is 1. The van der Waals surface area contributed by atoms with Gasteiger partial charge in [0.25, 0.3) is 0 Å². The molecule has 2 saturated heterocycles. The van der Waals surface area contributed by atoms with Crippen molar-refractivity contribution in [2.24, 2.45) is 5.92 Å². The fraction of sp³-hybridized carbons (Fsp3) is 1.00. The zero-order valence-electron chi connectivity index (χ0n) is 13.9. The van der Waals surface area contributed by atoms with Crippen LogP contribution in [0.15, 0.2) is 0 Å². The van der Waals surface area contributed by atoms with Gasteiger partial charge in [0.05, 0.1) is 12.1 Å². The largest absolute Gasteiger partial charge is 0.394 e. The summed E-state index contributed by atoms with van der Waals surface area (Å²) in [5.74, 6) is 0.677. The van der Waals surface area contributed by atoms with Gasteiger partial charge in [-0.2, -0.15) is 0 Å². The predicted octanol–water partition coefficient (Wildman–Crippen LogP) is 1.30. The third-order valence-electron chi connectivity index (χ3n) is 5.63. The Hall–Kier alpha value is -0.160. The van der Waals surface area contributed by atoms with Crippen LogP contribution in [0.25, 0.3) is 0 Å². The molecule has 3 aliphatic rings. The van der Waals surface area contributed by atoms with Gasteiger partial charge < -0.3 is 10.4 Å². The first-order valence-electron chi connectivity index (χ1n) is 8.98. The van der Waals surface area contributed by atoms with E-state index in [-0.39, 0.29) is 12.1 Å². The molecular weight excluding hydrogens is 262 g/mol. The molecule has 2 unspecified atom stereocenters. The Morgan fingerprint density at radius 2 is 1.86 bits per heavy atom. The predicted molar refractivity (Wildman–Crippen MR) is 86.5 cm³/mol. The number of hydrogen-bond acceptors (Lipinski definition) is 4. The summed E-state index contributed by atoms with van der Waals surface area (Å²) in [6, 6.07) is 1.21. The maximum atomic E-state index is 10.1. The molecule has 1 aliphatic carbocycles. The van der Waals surface area contributed by atoms with Crippen LogP contribution in [0.3, 0.4) is 0 Å². The van der Waals surface area contributed by atoms with Gasteiger partial charge in [-0.3, -0.25) is 9.80 Å². The van der Waals surface area contributed by atoms with Crippen LogP contribution in [-0.4, -0.2) is 71.9 Å². The fourth-order valence-electron chi connectivity index (χ4n) is 4.49. The molecule has 0 aromatic heterocycles. The van der Waals surface area contributed by atoms with Crippen LogP contribution in [0.4, 0.5) is 0 Å². The van der Waals surface area contributed by atoms with Crippen molar-refractivity contribution in [1.29, 1.82) is 0 Å². The van der Waals surface area contributed by atoms with Crippen molar-refractivity contribution in [1.82, 2.24) is 15.1 Å². The van der Waals surface area contributed by atoms with Crippen molar-refractivity contribution < 1.29 is 5.11 Å². The molecule has 0 bridgehead atoms. The summed E-state index contributed by atoms with van der Waals surface area (Å²) in [4.78, 5) is 5.29. The van der Waals surface area contributed by atoms with Crippen molar-refractivity contribution in [3.8, 4) is 0 Å². The monoisotopic (exact) mass is 295 g/mol. The summed E-state index contributed by atoms with van der Waals surface area (Å²) in [5, 5.41) is 13.8. The molecule has 2 aliphatic heterocycles. The molecule has 3 fully saturated rings. The Kier molecular flexibility index (Phi) is 4.89. The number of nitrogens with zero attached hydrogens (tertiary/aromatic N) is 2. The average molecular weight is 295 g/mol. The first kappa shape index (κ1) is 15.7. The van der Waals surface area contributed by atoms with Gasteiger partial charge >= 0.3 is 0 Å². The summed E-state index contributed by atoms with van der Waals surface area (Å²) < 4.78 is 0. The third-order valence-corrected chi connectivity index (χ3v) is 5.63.